The fourth-order valence-electron chi connectivity index (χ4n) is 2.50. The van der Waals surface area contributed by atoms with Crippen LogP contribution in [0.15, 0.2) is 0 Å². The van der Waals surface area contributed by atoms with E-state index in [-0.39, 0.29) is 5.91 Å². The molecule has 1 aliphatic rings. The summed E-state index contributed by atoms with van der Waals surface area (Å²) in [6.07, 6.45) is 4.05. The largest absolute Gasteiger partial charge is 0.385 e. The average Bonchev–Trinajstić information content (AvgIpc) is 2.43. The Kier molecular flexibility index (Phi) is 7.34. The van der Waals surface area contributed by atoms with Gasteiger partial charge in [-0.25, -0.2) is 0 Å². The van der Waals surface area contributed by atoms with Crippen molar-refractivity contribution in [2.45, 2.75) is 38.1 Å². The summed E-state index contributed by atoms with van der Waals surface area (Å²) in [5.74, 6) is 0.195. The fourth-order valence-corrected chi connectivity index (χ4v) is 2.50. The number of nitrogens with one attached hydrogen (secondary N) is 1. The molecule has 112 valence electrons. The monoisotopic (exact) mass is 272 g/mol. The molecule has 1 unspecified atom stereocenters. The van der Waals surface area contributed by atoms with Crippen molar-refractivity contribution in [2.75, 3.05) is 47.1 Å². The second-order valence-electron chi connectivity index (χ2n) is 5.35. The number of piperidine rings is 1. The lowest BCUT2D eigenvalue weighted by molar-refractivity contribution is -0.139. The zero-order chi connectivity index (χ0) is 14.1. The molecule has 0 bridgehead atoms. The lowest BCUT2D eigenvalue weighted by Gasteiger charge is -2.38. The number of rotatable bonds is 8. The molecule has 5 heteroatoms. The quantitative estimate of drug-likeness (QED) is 0.671. The molecule has 0 aromatic heterocycles. The van der Waals surface area contributed by atoms with E-state index in [2.05, 4.69) is 5.32 Å². The highest BCUT2D eigenvalue weighted by Gasteiger charge is 2.37. The van der Waals surface area contributed by atoms with Crippen LogP contribution in [0.3, 0.4) is 0 Å². The zero-order valence-electron chi connectivity index (χ0n) is 12.5. The first-order valence-electron chi connectivity index (χ1n) is 7.16. The minimum atomic E-state index is -0.404. The van der Waals surface area contributed by atoms with Gasteiger partial charge in [0, 0.05) is 33.9 Å². The molecule has 1 fully saturated rings. The standard InChI is InChI=1S/C14H28N2O3/c1-14(7-4-5-8-15-14)13(17)16(10-12-19-3)9-6-11-18-2/h15H,4-12H2,1-3H3. The van der Waals surface area contributed by atoms with E-state index >= 15 is 0 Å². The Morgan fingerprint density at radius 3 is 2.53 bits per heavy atom. The van der Waals surface area contributed by atoms with Gasteiger partial charge in [0.1, 0.15) is 0 Å². The Morgan fingerprint density at radius 2 is 1.95 bits per heavy atom. The summed E-state index contributed by atoms with van der Waals surface area (Å²) in [4.78, 5) is 14.6. The summed E-state index contributed by atoms with van der Waals surface area (Å²) in [5, 5.41) is 3.38. The zero-order valence-corrected chi connectivity index (χ0v) is 12.5. The molecular formula is C14H28N2O3. The Bertz CT molecular complexity index is 265. The average molecular weight is 272 g/mol. The number of ether oxygens (including phenoxy) is 2. The molecule has 19 heavy (non-hydrogen) atoms. The first-order chi connectivity index (χ1) is 9.14. The van der Waals surface area contributed by atoms with Gasteiger partial charge in [0.05, 0.1) is 12.1 Å². The highest BCUT2D eigenvalue weighted by molar-refractivity contribution is 5.86. The van der Waals surface area contributed by atoms with Crippen LogP contribution in [-0.2, 0) is 14.3 Å². The van der Waals surface area contributed by atoms with Gasteiger partial charge in [-0.3, -0.25) is 4.79 Å². The van der Waals surface area contributed by atoms with Crippen molar-refractivity contribution in [3.63, 3.8) is 0 Å². The van der Waals surface area contributed by atoms with Crippen LogP contribution in [0.1, 0.15) is 32.6 Å². The van der Waals surface area contributed by atoms with Crippen molar-refractivity contribution in [3.05, 3.63) is 0 Å². The van der Waals surface area contributed by atoms with Gasteiger partial charge in [-0.2, -0.15) is 0 Å². The van der Waals surface area contributed by atoms with Crippen molar-refractivity contribution < 1.29 is 14.3 Å². The number of nitrogens with zero attached hydrogens (tertiary/aromatic N) is 1. The molecule has 1 heterocycles. The maximum atomic E-state index is 12.7. The van der Waals surface area contributed by atoms with Crippen LogP contribution < -0.4 is 5.32 Å². The summed E-state index contributed by atoms with van der Waals surface area (Å²) in [7, 11) is 3.35. The molecule has 1 aliphatic heterocycles. The van der Waals surface area contributed by atoms with Gasteiger partial charge >= 0.3 is 0 Å². The van der Waals surface area contributed by atoms with Gasteiger partial charge in [-0.1, -0.05) is 0 Å². The molecule has 0 aromatic carbocycles. The van der Waals surface area contributed by atoms with E-state index in [0.29, 0.717) is 19.8 Å². The van der Waals surface area contributed by atoms with Crippen molar-refractivity contribution in [1.29, 1.82) is 0 Å². The van der Waals surface area contributed by atoms with Gasteiger partial charge in [-0.05, 0) is 39.2 Å². The topological polar surface area (TPSA) is 50.8 Å². The number of amides is 1. The third-order valence-corrected chi connectivity index (χ3v) is 3.72. The predicted molar refractivity (Wildman–Crippen MR) is 75.2 cm³/mol. The summed E-state index contributed by atoms with van der Waals surface area (Å²) in [6, 6.07) is 0. The van der Waals surface area contributed by atoms with Crippen LogP contribution >= 0.6 is 0 Å². The highest BCUT2D eigenvalue weighted by Crippen LogP contribution is 2.21. The van der Waals surface area contributed by atoms with Crippen molar-refractivity contribution in [2.24, 2.45) is 0 Å². The lowest BCUT2D eigenvalue weighted by Crippen LogP contribution is -2.58. The SMILES string of the molecule is COCCCN(CCOC)C(=O)C1(C)CCCCN1. The molecule has 0 aromatic rings. The first-order valence-corrected chi connectivity index (χ1v) is 7.16. The van der Waals surface area contributed by atoms with E-state index in [9.17, 15) is 4.79 Å². The Morgan fingerprint density at radius 1 is 1.21 bits per heavy atom. The van der Waals surface area contributed by atoms with E-state index in [4.69, 9.17) is 9.47 Å². The van der Waals surface area contributed by atoms with Crippen molar-refractivity contribution in [1.82, 2.24) is 10.2 Å². The molecular weight excluding hydrogens is 244 g/mol. The molecule has 0 aliphatic carbocycles. The van der Waals surface area contributed by atoms with E-state index < -0.39 is 5.54 Å². The molecule has 1 amide bonds. The van der Waals surface area contributed by atoms with E-state index in [1.807, 2.05) is 11.8 Å². The van der Waals surface area contributed by atoms with Gasteiger partial charge in [-0.15, -0.1) is 0 Å². The molecule has 5 nitrogen and oxygen atoms in total. The maximum absolute atomic E-state index is 12.7. The smallest absolute Gasteiger partial charge is 0.242 e. The Labute approximate surface area is 116 Å². The van der Waals surface area contributed by atoms with Crippen LogP contribution in [-0.4, -0.2) is 63.4 Å². The van der Waals surface area contributed by atoms with Crippen LogP contribution in [0.2, 0.25) is 0 Å². The number of carbonyl (C=O) groups is 1. The van der Waals surface area contributed by atoms with Crippen molar-refractivity contribution in [3.8, 4) is 0 Å². The Hall–Kier alpha value is -0.650. The third-order valence-electron chi connectivity index (χ3n) is 3.72. The van der Waals surface area contributed by atoms with E-state index in [1.54, 1.807) is 14.2 Å². The van der Waals surface area contributed by atoms with Crippen LogP contribution in [0.4, 0.5) is 0 Å². The molecule has 1 N–H and O–H groups in total. The number of hydrogen-bond acceptors (Lipinski definition) is 4. The van der Waals surface area contributed by atoms with Crippen LogP contribution in [0, 0.1) is 0 Å². The molecule has 1 saturated heterocycles. The molecule has 1 rings (SSSR count). The minimum absolute atomic E-state index is 0.195. The highest BCUT2D eigenvalue weighted by atomic mass is 16.5. The number of hydrogen-bond donors (Lipinski definition) is 1. The Balaban J connectivity index is 2.57. The number of methoxy groups -OCH3 is 2. The second kappa shape index (κ2) is 8.51. The summed E-state index contributed by atoms with van der Waals surface area (Å²) < 4.78 is 10.2. The minimum Gasteiger partial charge on any atom is -0.385 e. The summed E-state index contributed by atoms with van der Waals surface area (Å²) in [6.45, 7) is 5.59. The lowest BCUT2D eigenvalue weighted by atomic mass is 9.89. The summed E-state index contributed by atoms with van der Waals surface area (Å²) in [5.41, 5.74) is -0.404. The van der Waals surface area contributed by atoms with E-state index in [0.717, 1.165) is 38.8 Å². The van der Waals surface area contributed by atoms with E-state index in [1.165, 1.54) is 0 Å². The van der Waals surface area contributed by atoms with Crippen LogP contribution in [0.25, 0.3) is 0 Å². The second-order valence-corrected chi connectivity index (χ2v) is 5.35. The van der Waals surface area contributed by atoms with Gasteiger partial charge in [0.25, 0.3) is 0 Å². The normalized spacial score (nSPS) is 23.3. The van der Waals surface area contributed by atoms with Gasteiger partial charge in [0.2, 0.25) is 5.91 Å². The summed E-state index contributed by atoms with van der Waals surface area (Å²) >= 11 is 0. The predicted octanol–water partition coefficient (Wildman–Crippen LogP) is 1.03. The number of carbonyl (C=O) groups excluding carboxylic acids is 1. The molecule has 0 spiro atoms. The molecule has 0 saturated carbocycles. The maximum Gasteiger partial charge on any atom is 0.242 e. The van der Waals surface area contributed by atoms with Gasteiger partial charge in [0.15, 0.2) is 0 Å². The first kappa shape index (κ1) is 16.4. The fraction of sp³-hybridized carbons (Fsp3) is 0.929. The van der Waals surface area contributed by atoms with Crippen LogP contribution in [0.5, 0.6) is 0 Å². The third kappa shape index (κ3) is 5.09. The molecule has 0 radical (unpaired) electrons. The van der Waals surface area contributed by atoms with Crippen molar-refractivity contribution >= 4 is 5.91 Å². The van der Waals surface area contributed by atoms with Gasteiger partial charge < -0.3 is 19.7 Å². The molecule has 1 atom stereocenters.